The van der Waals surface area contributed by atoms with Crippen LogP contribution < -0.4 is 5.73 Å². The van der Waals surface area contributed by atoms with Crippen LogP contribution >= 0.6 is 0 Å². The number of hydrogen-bond acceptors (Lipinski definition) is 4. The number of esters is 1. The van der Waals surface area contributed by atoms with E-state index >= 15 is 0 Å². The molecule has 2 N–H and O–H groups in total. The fraction of sp³-hybridized carbons (Fsp3) is 0.176. The molecule has 0 heterocycles. The third kappa shape index (κ3) is 3.47. The Kier molecular flexibility index (Phi) is 4.70. The lowest BCUT2D eigenvalue weighted by atomic mass is 9.98. The number of ether oxygens (including phenoxy) is 1. The zero-order chi connectivity index (χ0) is 15.2. The molecular formula is C17H16N2O2. The highest BCUT2D eigenvalue weighted by Gasteiger charge is 2.14. The van der Waals surface area contributed by atoms with Crippen LogP contribution in [0.3, 0.4) is 0 Å². The minimum Gasteiger partial charge on any atom is -0.468 e. The van der Waals surface area contributed by atoms with Gasteiger partial charge in [-0.3, -0.25) is 4.79 Å². The molecule has 0 fully saturated rings. The van der Waals surface area contributed by atoms with Gasteiger partial charge in [-0.05, 0) is 29.2 Å². The first-order valence-electron chi connectivity index (χ1n) is 6.57. The lowest BCUT2D eigenvalue weighted by molar-refractivity contribution is -0.142. The van der Waals surface area contributed by atoms with E-state index in [1.54, 1.807) is 6.07 Å². The third-order valence-corrected chi connectivity index (χ3v) is 3.27. The fourth-order valence-corrected chi connectivity index (χ4v) is 2.14. The van der Waals surface area contributed by atoms with Gasteiger partial charge in [0.25, 0.3) is 0 Å². The molecule has 106 valence electrons. The highest BCUT2D eigenvalue weighted by Crippen LogP contribution is 2.23. The van der Waals surface area contributed by atoms with Crippen molar-refractivity contribution in [3.63, 3.8) is 0 Å². The van der Waals surface area contributed by atoms with Gasteiger partial charge in [0.05, 0.1) is 18.7 Å². The van der Waals surface area contributed by atoms with E-state index in [1.165, 1.54) is 7.11 Å². The summed E-state index contributed by atoms with van der Waals surface area (Å²) in [5, 5.41) is 9.12. The minimum atomic E-state index is -0.660. The standard InChI is InChI=1S/C17H16N2O2/c1-21-17(20)16(19)10-12-6-8-13(9-7-12)15-5-3-2-4-14(15)11-18/h2-9,16H,10,19H2,1H3. The maximum absolute atomic E-state index is 11.3. The third-order valence-electron chi connectivity index (χ3n) is 3.27. The van der Waals surface area contributed by atoms with E-state index in [1.807, 2.05) is 42.5 Å². The van der Waals surface area contributed by atoms with E-state index < -0.39 is 12.0 Å². The van der Waals surface area contributed by atoms with Crippen LogP contribution in [-0.2, 0) is 16.0 Å². The Hall–Kier alpha value is -2.64. The number of rotatable bonds is 4. The summed E-state index contributed by atoms with van der Waals surface area (Å²) in [6.07, 6.45) is 0.423. The molecular weight excluding hydrogens is 264 g/mol. The van der Waals surface area contributed by atoms with Crippen LogP contribution in [0.5, 0.6) is 0 Å². The van der Waals surface area contributed by atoms with Crippen molar-refractivity contribution in [3.05, 3.63) is 59.7 Å². The molecule has 1 atom stereocenters. The van der Waals surface area contributed by atoms with Crippen molar-refractivity contribution in [2.24, 2.45) is 5.73 Å². The van der Waals surface area contributed by atoms with Crippen LogP contribution in [0.1, 0.15) is 11.1 Å². The number of nitrogens with two attached hydrogens (primary N) is 1. The number of hydrogen-bond donors (Lipinski definition) is 1. The van der Waals surface area contributed by atoms with Crippen molar-refractivity contribution in [2.75, 3.05) is 7.11 Å². The average molecular weight is 280 g/mol. The van der Waals surface area contributed by atoms with Gasteiger partial charge in [-0.2, -0.15) is 5.26 Å². The minimum absolute atomic E-state index is 0.422. The van der Waals surface area contributed by atoms with E-state index in [-0.39, 0.29) is 0 Å². The molecule has 2 rings (SSSR count). The van der Waals surface area contributed by atoms with Crippen molar-refractivity contribution in [2.45, 2.75) is 12.5 Å². The molecule has 4 nitrogen and oxygen atoms in total. The Morgan fingerprint density at radius 2 is 1.90 bits per heavy atom. The Bertz CT molecular complexity index is 672. The quantitative estimate of drug-likeness (QED) is 0.872. The SMILES string of the molecule is COC(=O)C(N)Cc1ccc(-c2ccccc2C#N)cc1. The molecule has 0 bridgehead atoms. The predicted molar refractivity (Wildman–Crippen MR) is 80.3 cm³/mol. The molecule has 0 aromatic heterocycles. The number of nitrogens with zero attached hydrogens (tertiary/aromatic N) is 1. The number of benzene rings is 2. The maximum atomic E-state index is 11.3. The van der Waals surface area contributed by atoms with E-state index in [0.29, 0.717) is 12.0 Å². The maximum Gasteiger partial charge on any atom is 0.322 e. The summed E-state index contributed by atoms with van der Waals surface area (Å²) in [4.78, 5) is 11.3. The topological polar surface area (TPSA) is 76.1 Å². The Morgan fingerprint density at radius 3 is 2.52 bits per heavy atom. The molecule has 0 aliphatic heterocycles. The molecule has 4 heteroatoms. The molecule has 2 aromatic rings. The van der Waals surface area contributed by atoms with Gasteiger partial charge in [0.15, 0.2) is 0 Å². The number of carbonyl (C=O) groups is 1. The summed E-state index contributed by atoms with van der Waals surface area (Å²) >= 11 is 0. The van der Waals surface area contributed by atoms with Crippen molar-refractivity contribution in [3.8, 4) is 17.2 Å². The van der Waals surface area contributed by atoms with Gasteiger partial charge >= 0.3 is 5.97 Å². The van der Waals surface area contributed by atoms with Crippen molar-refractivity contribution >= 4 is 5.97 Å². The summed E-state index contributed by atoms with van der Waals surface area (Å²) in [7, 11) is 1.32. The second-order valence-electron chi connectivity index (χ2n) is 4.69. The fourth-order valence-electron chi connectivity index (χ4n) is 2.14. The van der Waals surface area contributed by atoms with Gasteiger partial charge in [-0.1, -0.05) is 42.5 Å². The zero-order valence-corrected chi connectivity index (χ0v) is 11.7. The lowest BCUT2D eigenvalue weighted by Crippen LogP contribution is -2.33. The van der Waals surface area contributed by atoms with E-state index in [9.17, 15) is 4.79 Å². The molecule has 1 unspecified atom stereocenters. The Labute approximate surface area is 123 Å². The Morgan fingerprint density at radius 1 is 1.24 bits per heavy atom. The van der Waals surface area contributed by atoms with Crippen molar-refractivity contribution in [1.82, 2.24) is 0 Å². The van der Waals surface area contributed by atoms with Crippen molar-refractivity contribution in [1.29, 1.82) is 5.26 Å². The van der Waals surface area contributed by atoms with Crippen LogP contribution in [0.2, 0.25) is 0 Å². The van der Waals surface area contributed by atoms with Crippen LogP contribution in [0.25, 0.3) is 11.1 Å². The zero-order valence-electron chi connectivity index (χ0n) is 11.7. The molecule has 0 aliphatic rings. The van der Waals surface area contributed by atoms with Gasteiger partial charge in [-0.25, -0.2) is 0 Å². The number of methoxy groups -OCH3 is 1. The molecule has 0 radical (unpaired) electrons. The summed E-state index contributed by atoms with van der Waals surface area (Å²) < 4.78 is 4.61. The number of carbonyl (C=O) groups excluding carboxylic acids is 1. The first-order chi connectivity index (χ1) is 10.2. The highest BCUT2D eigenvalue weighted by molar-refractivity contribution is 5.76. The second-order valence-corrected chi connectivity index (χ2v) is 4.69. The molecule has 0 spiro atoms. The summed E-state index contributed by atoms with van der Waals surface area (Å²) in [5.41, 5.74) is 9.18. The van der Waals surface area contributed by atoms with Gasteiger partial charge in [0.2, 0.25) is 0 Å². The molecule has 0 amide bonds. The largest absolute Gasteiger partial charge is 0.468 e. The average Bonchev–Trinajstić information content (AvgIpc) is 2.54. The normalized spacial score (nSPS) is 11.5. The first-order valence-corrected chi connectivity index (χ1v) is 6.57. The van der Waals surface area contributed by atoms with Crippen LogP contribution in [0.4, 0.5) is 0 Å². The smallest absolute Gasteiger partial charge is 0.322 e. The van der Waals surface area contributed by atoms with Crippen LogP contribution in [0.15, 0.2) is 48.5 Å². The van der Waals surface area contributed by atoms with Gasteiger partial charge in [0.1, 0.15) is 6.04 Å². The van der Waals surface area contributed by atoms with Crippen molar-refractivity contribution < 1.29 is 9.53 Å². The van der Waals surface area contributed by atoms with Gasteiger partial charge in [0, 0.05) is 0 Å². The van der Waals surface area contributed by atoms with Gasteiger partial charge in [-0.15, -0.1) is 0 Å². The van der Waals surface area contributed by atoms with Crippen LogP contribution in [0, 0.1) is 11.3 Å². The predicted octanol–water partition coefficient (Wildman–Crippen LogP) is 2.27. The molecule has 0 saturated heterocycles. The second kappa shape index (κ2) is 6.69. The molecule has 2 aromatic carbocycles. The van der Waals surface area contributed by atoms with Gasteiger partial charge < -0.3 is 10.5 Å². The van der Waals surface area contributed by atoms with E-state index in [0.717, 1.165) is 16.7 Å². The lowest BCUT2D eigenvalue weighted by Gasteiger charge is -2.10. The number of nitriles is 1. The molecule has 0 aliphatic carbocycles. The summed E-state index contributed by atoms with van der Waals surface area (Å²) in [5.74, 6) is -0.422. The van der Waals surface area contributed by atoms with Crippen LogP contribution in [-0.4, -0.2) is 19.1 Å². The Balaban J connectivity index is 2.20. The molecule has 21 heavy (non-hydrogen) atoms. The summed E-state index contributed by atoms with van der Waals surface area (Å²) in [6.45, 7) is 0. The molecule has 0 saturated carbocycles. The monoisotopic (exact) mass is 280 g/mol. The highest BCUT2D eigenvalue weighted by atomic mass is 16.5. The van der Waals surface area contributed by atoms with E-state index in [2.05, 4.69) is 10.8 Å². The van der Waals surface area contributed by atoms with E-state index in [4.69, 9.17) is 11.0 Å². The first kappa shape index (κ1) is 14.8. The summed E-state index contributed by atoms with van der Waals surface area (Å²) in [6, 6.07) is 16.6.